The molecule has 1 amide bonds. The Morgan fingerprint density at radius 3 is 2.36 bits per heavy atom. The average Bonchev–Trinajstić information content (AvgIpc) is 3.03. The standard InChI is InChI=1S/C17H20N2O4S2/c1-13(20)14-5-7-15(8-6-14)19(25(2,22)23)10-9-18-17(21)12-16-4-3-11-24-16/h3-8,11H,9-10,12H2,1-2H3,(H,18,21). The molecule has 0 spiro atoms. The molecule has 0 saturated heterocycles. The summed E-state index contributed by atoms with van der Waals surface area (Å²) in [6, 6.07) is 10.1. The van der Waals surface area contributed by atoms with E-state index in [-0.39, 0.29) is 31.2 Å². The number of hydrogen-bond acceptors (Lipinski definition) is 5. The quantitative estimate of drug-likeness (QED) is 0.711. The maximum atomic E-state index is 12.0. The van der Waals surface area contributed by atoms with Gasteiger partial charge in [0.2, 0.25) is 15.9 Å². The van der Waals surface area contributed by atoms with Crippen molar-refractivity contribution in [2.24, 2.45) is 0 Å². The molecule has 0 fully saturated rings. The summed E-state index contributed by atoms with van der Waals surface area (Å²) in [5.74, 6) is -0.235. The first-order valence-electron chi connectivity index (χ1n) is 7.65. The van der Waals surface area contributed by atoms with Gasteiger partial charge in [-0.25, -0.2) is 8.42 Å². The van der Waals surface area contributed by atoms with Crippen molar-refractivity contribution < 1.29 is 18.0 Å². The number of nitrogens with one attached hydrogen (secondary N) is 1. The van der Waals surface area contributed by atoms with Crippen LogP contribution in [0.15, 0.2) is 41.8 Å². The van der Waals surface area contributed by atoms with E-state index in [1.54, 1.807) is 24.3 Å². The first-order chi connectivity index (χ1) is 11.8. The van der Waals surface area contributed by atoms with Gasteiger partial charge in [0.25, 0.3) is 0 Å². The minimum absolute atomic E-state index is 0.0849. The fraction of sp³-hybridized carbons (Fsp3) is 0.294. The average molecular weight is 380 g/mol. The van der Waals surface area contributed by atoms with Crippen molar-refractivity contribution in [1.29, 1.82) is 0 Å². The van der Waals surface area contributed by atoms with Gasteiger partial charge in [-0.2, -0.15) is 0 Å². The SMILES string of the molecule is CC(=O)c1ccc(N(CCNC(=O)Cc2cccs2)S(C)(=O)=O)cc1. The molecule has 0 aliphatic heterocycles. The number of nitrogens with zero attached hydrogens (tertiary/aromatic N) is 1. The highest BCUT2D eigenvalue weighted by Gasteiger charge is 2.17. The molecule has 2 rings (SSSR count). The molecule has 0 bridgehead atoms. The van der Waals surface area contributed by atoms with E-state index in [1.165, 1.54) is 22.6 Å². The molecule has 0 unspecified atom stereocenters. The van der Waals surface area contributed by atoms with E-state index in [0.29, 0.717) is 11.3 Å². The lowest BCUT2D eigenvalue weighted by atomic mass is 10.1. The van der Waals surface area contributed by atoms with Crippen LogP contribution in [-0.4, -0.2) is 39.5 Å². The van der Waals surface area contributed by atoms with E-state index >= 15 is 0 Å². The highest BCUT2D eigenvalue weighted by Crippen LogP contribution is 2.18. The summed E-state index contributed by atoms with van der Waals surface area (Å²) in [6.07, 6.45) is 1.39. The number of sulfonamides is 1. The Hall–Kier alpha value is -2.19. The lowest BCUT2D eigenvalue weighted by Crippen LogP contribution is -2.38. The fourth-order valence-corrected chi connectivity index (χ4v) is 3.91. The number of hydrogen-bond donors (Lipinski definition) is 1. The number of thiophene rings is 1. The zero-order valence-electron chi connectivity index (χ0n) is 14.1. The van der Waals surface area contributed by atoms with Gasteiger partial charge in [-0.05, 0) is 42.6 Å². The van der Waals surface area contributed by atoms with Gasteiger partial charge >= 0.3 is 0 Å². The number of amides is 1. The Morgan fingerprint density at radius 2 is 1.84 bits per heavy atom. The van der Waals surface area contributed by atoms with Crippen LogP contribution >= 0.6 is 11.3 Å². The minimum Gasteiger partial charge on any atom is -0.354 e. The summed E-state index contributed by atoms with van der Waals surface area (Å²) in [5.41, 5.74) is 0.974. The van der Waals surface area contributed by atoms with Crippen molar-refractivity contribution in [3.8, 4) is 0 Å². The summed E-state index contributed by atoms with van der Waals surface area (Å²) in [6.45, 7) is 1.77. The highest BCUT2D eigenvalue weighted by molar-refractivity contribution is 7.92. The molecule has 6 nitrogen and oxygen atoms in total. The molecule has 1 aromatic carbocycles. The van der Waals surface area contributed by atoms with Gasteiger partial charge in [0.1, 0.15) is 0 Å². The van der Waals surface area contributed by atoms with E-state index in [4.69, 9.17) is 0 Å². The third-order valence-electron chi connectivity index (χ3n) is 3.51. The number of Topliss-reactive ketones (excluding diaryl/α,β-unsaturated/α-hetero) is 1. The topological polar surface area (TPSA) is 83.6 Å². The molecule has 1 heterocycles. The largest absolute Gasteiger partial charge is 0.354 e. The van der Waals surface area contributed by atoms with Crippen LogP contribution in [0.5, 0.6) is 0 Å². The van der Waals surface area contributed by atoms with E-state index < -0.39 is 10.0 Å². The second-order valence-electron chi connectivity index (χ2n) is 5.54. The van der Waals surface area contributed by atoms with Gasteiger partial charge in [0.05, 0.1) is 24.9 Å². The normalized spacial score (nSPS) is 11.1. The predicted molar refractivity (Wildman–Crippen MR) is 99.7 cm³/mol. The summed E-state index contributed by atoms with van der Waals surface area (Å²) in [5, 5.41) is 4.63. The van der Waals surface area contributed by atoms with Gasteiger partial charge in [-0.3, -0.25) is 13.9 Å². The van der Waals surface area contributed by atoms with E-state index in [0.717, 1.165) is 11.1 Å². The van der Waals surface area contributed by atoms with Crippen LogP contribution in [0.2, 0.25) is 0 Å². The Morgan fingerprint density at radius 1 is 1.16 bits per heavy atom. The van der Waals surface area contributed by atoms with E-state index in [1.807, 2.05) is 17.5 Å². The number of rotatable bonds is 8. The molecule has 0 radical (unpaired) electrons. The van der Waals surface area contributed by atoms with Crippen molar-refractivity contribution in [2.75, 3.05) is 23.7 Å². The summed E-state index contributed by atoms with van der Waals surface area (Å²) >= 11 is 1.50. The second kappa shape index (κ2) is 8.26. The molecule has 8 heteroatoms. The third-order valence-corrected chi connectivity index (χ3v) is 5.58. The van der Waals surface area contributed by atoms with Crippen LogP contribution in [0.3, 0.4) is 0 Å². The molecular formula is C17H20N2O4S2. The van der Waals surface area contributed by atoms with Gasteiger partial charge in [0.15, 0.2) is 5.78 Å². The number of ketones is 1. The van der Waals surface area contributed by atoms with Gasteiger partial charge in [-0.15, -0.1) is 11.3 Å². The van der Waals surface area contributed by atoms with Crippen LogP contribution in [0.4, 0.5) is 5.69 Å². The highest BCUT2D eigenvalue weighted by atomic mass is 32.2. The number of anilines is 1. The van der Waals surface area contributed by atoms with Crippen molar-refractivity contribution in [3.63, 3.8) is 0 Å². The summed E-state index contributed by atoms with van der Waals surface area (Å²) in [4.78, 5) is 24.2. The molecular weight excluding hydrogens is 360 g/mol. The van der Waals surface area contributed by atoms with Gasteiger partial charge < -0.3 is 5.32 Å². The first kappa shape index (κ1) is 19.1. The fourth-order valence-electron chi connectivity index (χ4n) is 2.28. The minimum atomic E-state index is -3.50. The van der Waals surface area contributed by atoms with Crippen LogP contribution in [-0.2, 0) is 21.2 Å². The van der Waals surface area contributed by atoms with Crippen molar-refractivity contribution >= 4 is 38.7 Å². The van der Waals surface area contributed by atoms with Crippen LogP contribution in [0.1, 0.15) is 22.2 Å². The van der Waals surface area contributed by atoms with Gasteiger partial charge in [0, 0.05) is 17.0 Å². The van der Waals surface area contributed by atoms with Crippen molar-refractivity contribution in [2.45, 2.75) is 13.3 Å². The number of carbonyl (C=O) groups excluding carboxylic acids is 2. The number of benzene rings is 1. The van der Waals surface area contributed by atoms with Crippen LogP contribution in [0, 0.1) is 0 Å². The molecule has 0 aliphatic rings. The number of carbonyl (C=O) groups is 2. The van der Waals surface area contributed by atoms with Gasteiger partial charge in [-0.1, -0.05) is 6.07 Å². The van der Waals surface area contributed by atoms with E-state index in [9.17, 15) is 18.0 Å². The Balaban J connectivity index is 1.99. The molecule has 0 aliphatic carbocycles. The second-order valence-corrected chi connectivity index (χ2v) is 8.48. The Bertz CT molecular complexity index is 828. The van der Waals surface area contributed by atoms with E-state index in [2.05, 4.69) is 5.32 Å². The molecule has 2 aromatic rings. The summed E-state index contributed by atoms with van der Waals surface area (Å²) < 4.78 is 25.3. The monoisotopic (exact) mass is 380 g/mol. The Labute approximate surface area is 151 Å². The molecule has 0 saturated carbocycles. The molecule has 134 valence electrons. The van der Waals surface area contributed by atoms with Crippen molar-refractivity contribution in [1.82, 2.24) is 5.32 Å². The Kier molecular flexibility index (Phi) is 6.33. The smallest absolute Gasteiger partial charge is 0.232 e. The first-order valence-corrected chi connectivity index (χ1v) is 10.4. The predicted octanol–water partition coefficient (Wildman–Crippen LogP) is 2.08. The van der Waals surface area contributed by atoms with Crippen LogP contribution < -0.4 is 9.62 Å². The molecule has 1 aromatic heterocycles. The maximum Gasteiger partial charge on any atom is 0.232 e. The van der Waals surface area contributed by atoms with Crippen LogP contribution in [0.25, 0.3) is 0 Å². The third kappa shape index (κ3) is 5.68. The maximum absolute atomic E-state index is 12.0. The zero-order valence-corrected chi connectivity index (χ0v) is 15.7. The molecule has 0 atom stereocenters. The summed E-state index contributed by atoms with van der Waals surface area (Å²) in [7, 11) is -3.50. The van der Waals surface area contributed by atoms with Crippen molar-refractivity contribution in [3.05, 3.63) is 52.2 Å². The lowest BCUT2D eigenvalue weighted by Gasteiger charge is -2.22. The lowest BCUT2D eigenvalue weighted by molar-refractivity contribution is -0.120. The molecule has 1 N–H and O–H groups in total. The zero-order chi connectivity index (χ0) is 18.4. The molecule has 25 heavy (non-hydrogen) atoms.